The molecule has 9 heteroatoms. The predicted molar refractivity (Wildman–Crippen MR) is 101 cm³/mol. The van der Waals surface area contributed by atoms with Crippen molar-refractivity contribution in [2.75, 3.05) is 26.8 Å². The molecule has 0 saturated carbocycles. The molecule has 1 amide bonds. The monoisotopic (exact) mass is 400 g/mol. The number of rotatable bonds is 8. The third kappa shape index (κ3) is 6.21. The van der Waals surface area contributed by atoms with E-state index in [9.17, 15) is 18.0 Å². The van der Waals surface area contributed by atoms with Crippen LogP contribution < -0.4 is 10.1 Å². The maximum atomic E-state index is 12.8. The van der Waals surface area contributed by atoms with Gasteiger partial charge in [0.05, 0.1) is 12.7 Å². The van der Waals surface area contributed by atoms with E-state index in [4.69, 9.17) is 9.47 Å². The van der Waals surface area contributed by atoms with Crippen molar-refractivity contribution in [3.63, 3.8) is 0 Å². The third-order valence-electron chi connectivity index (χ3n) is 3.57. The molecule has 0 aliphatic heterocycles. The average molecular weight is 400 g/mol. The van der Waals surface area contributed by atoms with Crippen molar-refractivity contribution < 1.29 is 27.5 Å². The first-order chi connectivity index (χ1) is 12.5. The van der Waals surface area contributed by atoms with Crippen molar-refractivity contribution in [3.8, 4) is 5.75 Å². The second kappa shape index (κ2) is 9.18. The first kappa shape index (κ1) is 22.9. The number of benzene rings is 1. The molecule has 0 aliphatic carbocycles. The minimum Gasteiger partial charge on any atom is -0.495 e. The quantitative estimate of drug-likeness (QED) is 0.668. The summed E-state index contributed by atoms with van der Waals surface area (Å²) in [6.45, 7) is 8.97. The normalized spacial score (nSPS) is 12.0. The van der Waals surface area contributed by atoms with Crippen LogP contribution in [0.1, 0.15) is 45.0 Å². The van der Waals surface area contributed by atoms with Gasteiger partial charge in [0, 0.05) is 18.6 Å². The number of carbonyl (C=O) groups excluding carboxylic acids is 2. The zero-order valence-corrected chi connectivity index (χ0v) is 17.5. The number of sulfonamides is 1. The van der Waals surface area contributed by atoms with Gasteiger partial charge in [-0.15, -0.1) is 0 Å². The minimum atomic E-state index is -3.83. The van der Waals surface area contributed by atoms with Crippen LogP contribution in [0.2, 0.25) is 0 Å². The largest absolute Gasteiger partial charge is 0.495 e. The highest BCUT2D eigenvalue weighted by molar-refractivity contribution is 7.89. The van der Waals surface area contributed by atoms with Crippen LogP contribution in [0.15, 0.2) is 23.1 Å². The summed E-state index contributed by atoms with van der Waals surface area (Å²) in [5.74, 6) is -1.11. The molecule has 0 saturated heterocycles. The third-order valence-corrected chi connectivity index (χ3v) is 5.64. The van der Waals surface area contributed by atoms with Gasteiger partial charge in [-0.3, -0.25) is 4.79 Å². The van der Waals surface area contributed by atoms with E-state index >= 15 is 0 Å². The Balaban J connectivity index is 3.08. The van der Waals surface area contributed by atoms with Gasteiger partial charge in [-0.2, -0.15) is 4.31 Å². The maximum absolute atomic E-state index is 12.8. The molecule has 0 atom stereocenters. The Morgan fingerprint density at radius 3 is 2.22 bits per heavy atom. The lowest BCUT2D eigenvalue weighted by Gasteiger charge is -2.21. The van der Waals surface area contributed by atoms with E-state index in [1.807, 2.05) is 0 Å². The van der Waals surface area contributed by atoms with Gasteiger partial charge < -0.3 is 14.8 Å². The number of ether oxygens (including phenoxy) is 2. The molecule has 0 aromatic heterocycles. The Labute approximate surface area is 160 Å². The molecule has 0 aliphatic rings. The van der Waals surface area contributed by atoms with Gasteiger partial charge in [0.2, 0.25) is 10.0 Å². The first-order valence-corrected chi connectivity index (χ1v) is 10.1. The van der Waals surface area contributed by atoms with Crippen molar-refractivity contribution in [3.05, 3.63) is 23.8 Å². The standard InChI is InChI=1S/C18H28N2O6S/c1-7-20(8-2)27(23,24)15-11-13(9-10-14(15)25-6)17(22)26-12-16(21)19-18(3,4)5/h9-11H,7-8,12H2,1-6H3,(H,19,21). The second-order valence-corrected chi connectivity index (χ2v) is 8.74. The zero-order valence-electron chi connectivity index (χ0n) is 16.7. The number of nitrogens with one attached hydrogen (secondary N) is 1. The summed E-state index contributed by atoms with van der Waals surface area (Å²) in [6.07, 6.45) is 0. The fraction of sp³-hybridized carbons (Fsp3) is 0.556. The molecule has 1 aromatic rings. The molecule has 0 radical (unpaired) electrons. The molecule has 1 N–H and O–H groups in total. The van der Waals surface area contributed by atoms with E-state index in [2.05, 4.69) is 5.32 Å². The van der Waals surface area contributed by atoms with Gasteiger partial charge in [0.15, 0.2) is 6.61 Å². The van der Waals surface area contributed by atoms with E-state index < -0.39 is 34.0 Å². The highest BCUT2D eigenvalue weighted by Crippen LogP contribution is 2.28. The van der Waals surface area contributed by atoms with Crippen LogP contribution in [0.4, 0.5) is 0 Å². The molecule has 152 valence electrons. The summed E-state index contributed by atoms with van der Waals surface area (Å²) in [5, 5.41) is 2.67. The van der Waals surface area contributed by atoms with Crippen LogP contribution in [0, 0.1) is 0 Å². The summed E-state index contributed by atoms with van der Waals surface area (Å²) >= 11 is 0. The smallest absolute Gasteiger partial charge is 0.338 e. The van der Waals surface area contributed by atoms with Gasteiger partial charge in [-0.25, -0.2) is 13.2 Å². The Kier molecular flexibility index (Phi) is 7.79. The van der Waals surface area contributed by atoms with Gasteiger partial charge in [-0.1, -0.05) is 13.8 Å². The number of esters is 1. The van der Waals surface area contributed by atoms with Gasteiger partial charge in [-0.05, 0) is 39.0 Å². The number of hydrogen-bond acceptors (Lipinski definition) is 6. The molecule has 1 aromatic carbocycles. The van der Waals surface area contributed by atoms with Crippen molar-refractivity contribution >= 4 is 21.9 Å². The lowest BCUT2D eigenvalue weighted by Crippen LogP contribution is -2.42. The van der Waals surface area contributed by atoms with E-state index in [1.54, 1.807) is 34.6 Å². The number of hydrogen-bond donors (Lipinski definition) is 1. The molecular weight excluding hydrogens is 372 g/mol. The summed E-state index contributed by atoms with van der Waals surface area (Å²) in [6, 6.07) is 3.99. The van der Waals surface area contributed by atoms with Crippen molar-refractivity contribution in [1.29, 1.82) is 0 Å². The molecule has 1 rings (SSSR count). The lowest BCUT2D eigenvalue weighted by atomic mass is 10.1. The summed E-state index contributed by atoms with van der Waals surface area (Å²) < 4.78 is 37.0. The predicted octanol–water partition coefficient (Wildman–Crippen LogP) is 1.80. The van der Waals surface area contributed by atoms with Crippen LogP contribution in [0.5, 0.6) is 5.75 Å². The van der Waals surface area contributed by atoms with Crippen LogP contribution in [-0.2, 0) is 19.6 Å². The highest BCUT2D eigenvalue weighted by Gasteiger charge is 2.27. The molecule has 0 bridgehead atoms. The maximum Gasteiger partial charge on any atom is 0.338 e. The highest BCUT2D eigenvalue weighted by atomic mass is 32.2. The van der Waals surface area contributed by atoms with E-state index in [0.29, 0.717) is 0 Å². The second-order valence-electron chi connectivity index (χ2n) is 6.83. The number of nitrogens with zero attached hydrogens (tertiary/aromatic N) is 1. The Morgan fingerprint density at radius 1 is 1.15 bits per heavy atom. The molecular formula is C18H28N2O6S. The summed E-state index contributed by atoms with van der Waals surface area (Å²) in [7, 11) is -2.48. The van der Waals surface area contributed by atoms with E-state index in [0.717, 1.165) is 0 Å². The summed E-state index contributed by atoms with van der Waals surface area (Å²) in [5.41, 5.74) is -0.431. The van der Waals surface area contributed by atoms with Crippen LogP contribution in [0.25, 0.3) is 0 Å². The number of amides is 1. The first-order valence-electron chi connectivity index (χ1n) is 8.62. The Bertz CT molecular complexity index is 780. The van der Waals surface area contributed by atoms with Gasteiger partial charge in [0.1, 0.15) is 10.6 Å². The van der Waals surface area contributed by atoms with E-state index in [1.165, 1.54) is 29.6 Å². The molecule has 0 spiro atoms. The van der Waals surface area contributed by atoms with Crippen molar-refractivity contribution in [2.24, 2.45) is 0 Å². The fourth-order valence-electron chi connectivity index (χ4n) is 2.38. The zero-order chi connectivity index (χ0) is 20.8. The molecule has 0 heterocycles. The SMILES string of the molecule is CCN(CC)S(=O)(=O)c1cc(C(=O)OCC(=O)NC(C)(C)C)ccc1OC. The Morgan fingerprint density at radius 2 is 1.74 bits per heavy atom. The van der Waals surface area contributed by atoms with E-state index in [-0.39, 0.29) is 29.3 Å². The van der Waals surface area contributed by atoms with Crippen LogP contribution >= 0.6 is 0 Å². The van der Waals surface area contributed by atoms with Crippen LogP contribution in [-0.4, -0.2) is 56.9 Å². The lowest BCUT2D eigenvalue weighted by molar-refractivity contribution is -0.125. The van der Waals surface area contributed by atoms with Gasteiger partial charge in [0.25, 0.3) is 5.91 Å². The molecule has 27 heavy (non-hydrogen) atoms. The molecule has 0 fully saturated rings. The molecule has 8 nitrogen and oxygen atoms in total. The van der Waals surface area contributed by atoms with Crippen LogP contribution in [0.3, 0.4) is 0 Å². The van der Waals surface area contributed by atoms with Gasteiger partial charge >= 0.3 is 5.97 Å². The Hall–Kier alpha value is -2.13. The van der Waals surface area contributed by atoms with Crippen molar-refractivity contribution in [2.45, 2.75) is 45.1 Å². The topological polar surface area (TPSA) is 102 Å². The minimum absolute atomic E-state index is 0.0186. The average Bonchev–Trinajstić information content (AvgIpc) is 2.58. The molecule has 0 unspecified atom stereocenters. The van der Waals surface area contributed by atoms with Crippen molar-refractivity contribution in [1.82, 2.24) is 9.62 Å². The fourth-order valence-corrected chi connectivity index (χ4v) is 4.02. The number of carbonyl (C=O) groups is 2. The summed E-state index contributed by atoms with van der Waals surface area (Å²) in [4.78, 5) is 23.9. The number of methoxy groups -OCH3 is 1.